The molecule has 2 heterocycles. The van der Waals surface area contributed by atoms with Crippen molar-refractivity contribution in [2.75, 3.05) is 36.4 Å². The topological polar surface area (TPSA) is 67.9 Å². The van der Waals surface area contributed by atoms with Crippen molar-refractivity contribution in [2.45, 2.75) is 50.9 Å². The van der Waals surface area contributed by atoms with Gasteiger partial charge in [-0.05, 0) is 62.2 Å². The Morgan fingerprint density at radius 2 is 1.73 bits per heavy atom. The van der Waals surface area contributed by atoms with Crippen molar-refractivity contribution in [3.63, 3.8) is 0 Å². The van der Waals surface area contributed by atoms with Crippen molar-refractivity contribution in [1.82, 2.24) is 15.1 Å². The molecule has 2 N–H and O–H groups in total. The van der Waals surface area contributed by atoms with E-state index in [0.717, 1.165) is 25.7 Å². The van der Waals surface area contributed by atoms with Crippen molar-refractivity contribution >= 4 is 46.5 Å². The van der Waals surface area contributed by atoms with Gasteiger partial charge in [-0.15, -0.1) is 0 Å². The van der Waals surface area contributed by atoms with Crippen molar-refractivity contribution in [3.8, 4) is 0 Å². The molecule has 2 aliphatic heterocycles. The van der Waals surface area contributed by atoms with Crippen LogP contribution in [0.2, 0.25) is 10.0 Å². The van der Waals surface area contributed by atoms with Crippen LogP contribution in [0.25, 0.3) is 0 Å². The molecule has 5 rings (SSSR count). The number of hydrogen-bond acceptors (Lipinski definition) is 4. The van der Waals surface area contributed by atoms with Crippen LogP contribution in [0.5, 0.6) is 0 Å². The predicted octanol–water partition coefficient (Wildman–Crippen LogP) is 5.19. The Kier molecular flexibility index (Phi) is 7.91. The predicted molar refractivity (Wildman–Crippen MR) is 145 cm³/mol. The summed E-state index contributed by atoms with van der Waals surface area (Å²) < 4.78 is 13.7. The summed E-state index contributed by atoms with van der Waals surface area (Å²) in [6.45, 7) is 4.58. The molecule has 4 unspecified atom stereocenters. The zero-order valence-electron chi connectivity index (χ0n) is 20.8. The maximum absolute atomic E-state index is 13.7. The summed E-state index contributed by atoms with van der Waals surface area (Å²) in [6, 6.07) is 11.2. The Morgan fingerprint density at radius 1 is 1.03 bits per heavy atom. The molecule has 7 nitrogen and oxygen atoms in total. The van der Waals surface area contributed by atoms with Gasteiger partial charge in [0.15, 0.2) is 0 Å². The third kappa shape index (κ3) is 5.58. The quantitative estimate of drug-likeness (QED) is 0.552. The van der Waals surface area contributed by atoms with Crippen LogP contribution >= 0.6 is 23.2 Å². The summed E-state index contributed by atoms with van der Waals surface area (Å²) in [6.07, 6.45) is 3.79. The zero-order chi connectivity index (χ0) is 26.1. The van der Waals surface area contributed by atoms with Crippen LogP contribution in [0.4, 0.5) is 20.6 Å². The Morgan fingerprint density at radius 3 is 2.43 bits per heavy atom. The third-order valence-corrected chi connectivity index (χ3v) is 8.63. The first-order chi connectivity index (χ1) is 17.8. The van der Waals surface area contributed by atoms with E-state index in [4.69, 9.17) is 23.2 Å². The Bertz CT molecular complexity index is 1140. The average Bonchev–Trinajstić information content (AvgIpc) is 2.91. The van der Waals surface area contributed by atoms with Gasteiger partial charge in [0.05, 0.1) is 16.0 Å². The number of carbonyl (C=O) groups is 2. The number of hydrogen-bond donors (Lipinski definition) is 2. The van der Waals surface area contributed by atoms with Gasteiger partial charge in [0.25, 0.3) is 0 Å². The molecule has 10 heteroatoms. The molecule has 198 valence electrons. The Hall–Kier alpha value is -2.39. The van der Waals surface area contributed by atoms with E-state index < -0.39 is 0 Å². The number of rotatable bonds is 4. The lowest BCUT2D eigenvalue weighted by atomic mass is 9.81. The number of amides is 3. The number of benzene rings is 2. The number of halogens is 3. The molecular formula is C27H32Cl2FN5O2. The van der Waals surface area contributed by atoms with Crippen molar-refractivity contribution < 1.29 is 14.0 Å². The maximum atomic E-state index is 13.7. The minimum atomic E-state index is -0.323. The standard InChI is InChI=1S/C27H32Cl2FN5O2/c1-17(33-12-14-34(15-13-33)27(37)31-19-8-11-22(28)23(29)16-19)25-32-24-5-3-2-4-21(24)26(36)35(25)20-9-6-18(30)7-10-20/h6-11,16-17,21,24-25,32H,2-5,12-15H2,1H3,(H,31,37). The third-order valence-electron chi connectivity index (χ3n) is 7.89. The molecule has 2 aromatic carbocycles. The van der Waals surface area contributed by atoms with Crippen molar-refractivity contribution in [1.29, 1.82) is 0 Å². The summed E-state index contributed by atoms with van der Waals surface area (Å²) in [4.78, 5) is 32.5. The Balaban J connectivity index is 1.27. The maximum Gasteiger partial charge on any atom is 0.321 e. The summed E-state index contributed by atoms with van der Waals surface area (Å²) in [7, 11) is 0. The molecule has 3 amide bonds. The summed E-state index contributed by atoms with van der Waals surface area (Å²) in [5, 5.41) is 7.49. The van der Waals surface area contributed by atoms with Gasteiger partial charge in [0, 0.05) is 49.6 Å². The monoisotopic (exact) mass is 547 g/mol. The van der Waals surface area contributed by atoms with E-state index in [-0.39, 0.29) is 41.9 Å². The SMILES string of the molecule is CC(C1NC2CCCCC2C(=O)N1c1ccc(F)cc1)N1CCN(C(=O)Nc2ccc(Cl)c(Cl)c2)CC1. The zero-order valence-corrected chi connectivity index (χ0v) is 22.3. The largest absolute Gasteiger partial charge is 0.322 e. The molecule has 0 aromatic heterocycles. The molecule has 37 heavy (non-hydrogen) atoms. The lowest BCUT2D eigenvalue weighted by Crippen LogP contribution is -2.70. The van der Waals surface area contributed by atoms with E-state index in [9.17, 15) is 14.0 Å². The molecule has 3 aliphatic rings. The normalized spacial score (nSPS) is 25.5. The number of nitrogens with one attached hydrogen (secondary N) is 2. The second-order valence-corrected chi connectivity index (χ2v) is 10.9. The van der Waals surface area contributed by atoms with Gasteiger partial charge in [0.1, 0.15) is 12.0 Å². The van der Waals surface area contributed by atoms with Crippen LogP contribution in [-0.2, 0) is 4.79 Å². The smallest absolute Gasteiger partial charge is 0.321 e. The highest BCUT2D eigenvalue weighted by Crippen LogP contribution is 2.35. The van der Waals surface area contributed by atoms with Crippen molar-refractivity contribution in [3.05, 3.63) is 58.3 Å². The molecule has 4 atom stereocenters. The molecule has 2 saturated heterocycles. The minimum absolute atomic E-state index is 0.00263. The first-order valence-corrected chi connectivity index (χ1v) is 13.7. The van der Waals surface area contributed by atoms with Gasteiger partial charge in [-0.25, -0.2) is 9.18 Å². The fourth-order valence-electron chi connectivity index (χ4n) is 5.79. The first-order valence-electron chi connectivity index (χ1n) is 12.9. The number of urea groups is 1. The van der Waals surface area contributed by atoms with E-state index in [1.807, 2.05) is 4.90 Å². The average molecular weight is 548 g/mol. The Labute approximate surface area is 226 Å². The highest BCUT2D eigenvalue weighted by molar-refractivity contribution is 6.42. The number of piperazine rings is 1. The molecule has 0 radical (unpaired) electrons. The molecule has 2 aromatic rings. The summed E-state index contributed by atoms with van der Waals surface area (Å²) in [5.41, 5.74) is 1.30. The van der Waals surface area contributed by atoms with Gasteiger partial charge >= 0.3 is 6.03 Å². The van der Waals surface area contributed by atoms with E-state index >= 15 is 0 Å². The molecule has 1 aliphatic carbocycles. The summed E-state index contributed by atoms with van der Waals surface area (Å²) >= 11 is 12.0. The second kappa shape index (κ2) is 11.2. The number of anilines is 2. The van der Waals surface area contributed by atoms with Crippen LogP contribution in [0.1, 0.15) is 32.6 Å². The number of carbonyl (C=O) groups excluding carboxylic acids is 2. The lowest BCUT2D eigenvalue weighted by Gasteiger charge is -2.51. The van der Waals surface area contributed by atoms with E-state index in [2.05, 4.69) is 22.5 Å². The fraction of sp³-hybridized carbons (Fsp3) is 0.481. The van der Waals surface area contributed by atoms with Gasteiger partial charge < -0.3 is 10.2 Å². The van der Waals surface area contributed by atoms with Crippen LogP contribution < -0.4 is 15.5 Å². The van der Waals surface area contributed by atoms with Gasteiger partial charge in [0.2, 0.25) is 5.91 Å². The van der Waals surface area contributed by atoms with Crippen LogP contribution in [0.3, 0.4) is 0 Å². The number of nitrogens with zero attached hydrogens (tertiary/aromatic N) is 3. The molecule has 1 saturated carbocycles. The molecule has 3 fully saturated rings. The van der Waals surface area contributed by atoms with E-state index in [1.165, 1.54) is 12.1 Å². The minimum Gasteiger partial charge on any atom is -0.322 e. The van der Waals surface area contributed by atoms with Gasteiger partial charge in [-0.3, -0.25) is 19.9 Å². The van der Waals surface area contributed by atoms with Gasteiger partial charge in [-0.1, -0.05) is 36.0 Å². The first kappa shape index (κ1) is 26.2. The fourth-order valence-corrected chi connectivity index (χ4v) is 6.09. The highest BCUT2D eigenvalue weighted by Gasteiger charge is 2.46. The van der Waals surface area contributed by atoms with E-state index in [0.29, 0.717) is 47.6 Å². The van der Waals surface area contributed by atoms with Gasteiger partial charge in [-0.2, -0.15) is 0 Å². The van der Waals surface area contributed by atoms with Crippen LogP contribution in [-0.4, -0.2) is 66.2 Å². The van der Waals surface area contributed by atoms with E-state index in [1.54, 1.807) is 35.2 Å². The number of fused-ring (bicyclic) bond motifs is 1. The molecule has 0 spiro atoms. The summed E-state index contributed by atoms with van der Waals surface area (Å²) in [5.74, 6) is -0.257. The second-order valence-electron chi connectivity index (χ2n) is 10.1. The van der Waals surface area contributed by atoms with Crippen LogP contribution in [0.15, 0.2) is 42.5 Å². The highest BCUT2D eigenvalue weighted by atomic mass is 35.5. The lowest BCUT2D eigenvalue weighted by molar-refractivity contribution is -0.128. The molecular weight excluding hydrogens is 516 g/mol. The van der Waals surface area contributed by atoms with Crippen LogP contribution in [0, 0.1) is 11.7 Å². The van der Waals surface area contributed by atoms with Crippen molar-refractivity contribution in [2.24, 2.45) is 5.92 Å². The molecule has 0 bridgehead atoms.